The minimum atomic E-state index is -0.440. The largest absolute Gasteiger partial charge is 0.383 e. The Balaban J connectivity index is 1.52. The molecule has 2 aliphatic rings. The second-order valence-corrected chi connectivity index (χ2v) is 9.80. The molecule has 0 bridgehead atoms. The van der Waals surface area contributed by atoms with Crippen molar-refractivity contribution in [3.63, 3.8) is 0 Å². The summed E-state index contributed by atoms with van der Waals surface area (Å²) in [5.41, 5.74) is 2.58. The van der Waals surface area contributed by atoms with Crippen molar-refractivity contribution in [2.24, 2.45) is 0 Å². The first-order valence-corrected chi connectivity index (χ1v) is 13.0. The lowest BCUT2D eigenvalue weighted by atomic mass is 10.0. The molecule has 12 nitrogen and oxygen atoms in total. The number of urea groups is 1. The van der Waals surface area contributed by atoms with Gasteiger partial charge in [0.1, 0.15) is 23.4 Å². The number of nitrogens with zero attached hydrogens (tertiary/aromatic N) is 6. The van der Waals surface area contributed by atoms with Crippen molar-refractivity contribution in [1.29, 1.82) is 5.26 Å². The minimum Gasteiger partial charge on any atom is -0.383 e. The summed E-state index contributed by atoms with van der Waals surface area (Å²) in [5, 5.41) is 15.2. The number of carbonyl (C=O) groups is 3. The lowest BCUT2D eigenvalue weighted by Gasteiger charge is -2.30. The van der Waals surface area contributed by atoms with Gasteiger partial charge in [-0.25, -0.2) is 14.8 Å². The third kappa shape index (κ3) is 6.32. The molecule has 2 aliphatic heterocycles. The molecule has 1 atom stereocenters. The van der Waals surface area contributed by atoms with E-state index in [0.29, 0.717) is 61.5 Å². The number of nitrogens with one attached hydrogen (secondary N) is 2. The highest BCUT2D eigenvalue weighted by molar-refractivity contribution is 6.02. The summed E-state index contributed by atoms with van der Waals surface area (Å²) < 4.78 is 5.04. The van der Waals surface area contributed by atoms with Crippen LogP contribution in [0, 0.1) is 11.3 Å². The Kier molecular flexibility index (Phi) is 9.06. The summed E-state index contributed by atoms with van der Waals surface area (Å²) in [7, 11) is 5.28. The zero-order valence-corrected chi connectivity index (χ0v) is 22.6. The molecule has 12 heteroatoms. The lowest BCUT2D eigenvalue weighted by Crippen LogP contribution is -2.42. The maximum atomic E-state index is 13.3. The normalized spacial score (nSPS) is 16.8. The maximum Gasteiger partial charge on any atom is 0.328 e. The van der Waals surface area contributed by atoms with Crippen LogP contribution < -0.4 is 15.5 Å². The lowest BCUT2D eigenvalue weighted by molar-refractivity contribution is -0.134. The van der Waals surface area contributed by atoms with Gasteiger partial charge in [-0.15, -0.1) is 0 Å². The Hall–Kier alpha value is -4.08. The van der Waals surface area contributed by atoms with Gasteiger partial charge >= 0.3 is 6.03 Å². The molecule has 0 saturated carbocycles. The molecule has 0 spiro atoms. The second-order valence-electron chi connectivity index (χ2n) is 9.80. The van der Waals surface area contributed by atoms with Crippen LogP contribution in [0.15, 0.2) is 18.3 Å². The standard InChI is InChI=1S/C27H34N8O4/c1-33-9-5-7-23(33)26(37)34(2)16-19-12-18-6-4-10-35(25(18)31-22(19)17-36)27(38)32-24-13-21(29-8-11-39-3)20(14-28)15-30-24/h12-13,15,17,23H,4-11,16H2,1-3H3,(H2,29,30,32,38). The number of amides is 3. The Bertz CT molecular complexity index is 1280. The highest BCUT2D eigenvalue weighted by atomic mass is 16.5. The Morgan fingerprint density at radius 1 is 1.31 bits per heavy atom. The quantitative estimate of drug-likeness (QED) is 0.366. The van der Waals surface area contributed by atoms with E-state index in [2.05, 4.69) is 31.6 Å². The zero-order chi connectivity index (χ0) is 27.9. The van der Waals surface area contributed by atoms with Gasteiger partial charge in [-0.3, -0.25) is 24.7 Å². The van der Waals surface area contributed by atoms with Gasteiger partial charge in [0, 0.05) is 51.6 Å². The predicted octanol–water partition coefficient (Wildman–Crippen LogP) is 2.26. The molecular weight excluding hydrogens is 500 g/mol. The van der Waals surface area contributed by atoms with Gasteiger partial charge in [-0.1, -0.05) is 0 Å². The molecule has 0 radical (unpaired) electrons. The Morgan fingerprint density at radius 3 is 2.82 bits per heavy atom. The zero-order valence-electron chi connectivity index (χ0n) is 22.6. The van der Waals surface area contributed by atoms with E-state index in [4.69, 9.17) is 4.74 Å². The third-order valence-corrected chi connectivity index (χ3v) is 7.10. The number of anilines is 3. The van der Waals surface area contributed by atoms with Crippen molar-refractivity contribution in [3.05, 3.63) is 40.7 Å². The van der Waals surface area contributed by atoms with Gasteiger partial charge in [0.25, 0.3) is 0 Å². The smallest absolute Gasteiger partial charge is 0.328 e. The number of hydrogen-bond donors (Lipinski definition) is 2. The number of ether oxygens (including phenoxy) is 1. The molecule has 1 saturated heterocycles. The first-order chi connectivity index (χ1) is 18.9. The summed E-state index contributed by atoms with van der Waals surface area (Å²) in [4.78, 5) is 52.2. The summed E-state index contributed by atoms with van der Waals surface area (Å²) >= 11 is 0. The first-order valence-electron chi connectivity index (χ1n) is 13.0. The number of methoxy groups -OCH3 is 1. The number of likely N-dealkylation sites (N-methyl/N-ethyl adjacent to an activating group) is 2. The Labute approximate surface area is 227 Å². The monoisotopic (exact) mass is 534 g/mol. The van der Waals surface area contributed by atoms with E-state index in [0.717, 1.165) is 24.9 Å². The SMILES string of the molecule is COCCNc1cc(NC(=O)N2CCCc3cc(CN(C)C(=O)C4CCCN4C)c(C=O)nc32)ncc1C#N. The minimum absolute atomic E-state index is 0.0246. The average Bonchev–Trinajstić information content (AvgIpc) is 3.37. The van der Waals surface area contributed by atoms with Gasteiger partial charge in [0.05, 0.1) is 23.9 Å². The van der Waals surface area contributed by atoms with Gasteiger partial charge in [-0.2, -0.15) is 5.26 Å². The topological polar surface area (TPSA) is 144 Å². The number of nitriles is 1. The molecule has 0 aromatic carbocycles. The molecule has 39 heavy (non-hydrogen) atoms. The van der Waals surface area contributed by atoms with Crippen molar-refractivity contribution in [1.82, 2.24) is 19.8 Å². The van der Waals surface area contributed by atoms with E-state index in [1.165, 1.54) is 11.1 Å². The van der Waals surface area contributed by atoms with Crippen LogP contribution in [-0.2, 0) is 22.5 Å². The van der Waals surface area contributed by atoms with Gasteiger partial charge in [0.2, 0.25) is 5.91 Å². The fourth-order valence-electron chi connectivity index (χ4n) is 5.02. The van der Waals surface area contributed by atoms with Crippen LogP contribution in [0.25, 0.3) is 0 Å². The van der Waals surface area contributed by atoms with Crippen LogP contribution >= 0.6 is 0 Å². The fraction of sp³-hybridized carbons (Fsp3) is 0.481. The van der Waals surface area contributed by atoms with E-state index in [1.54, 1.807) is 25.1 Å². The number of hydrogen-bond acceptors (Lipinski definition) is 9. The van der Waals surface area contributed by atoms with E-state index < -0.39 is 6.03 Å². The molecule has 4 rings (SSSR count). The number of aromatic nitrogens is 2. The highest BCUT2D eigenvalue weighted by Crippen LogP contribution is 2.29. The van der Waals surface area contributed by atoms with Crippen LogP contribution in [0.3, 0.4) is 0 Å². The average molecular weight is 535 g/mol. The first kappa shape index (κ1) is 27.9. The molecule has 0 aliphatic carbocycles. The molecule has 206 valence electrons. The molecule has 1 unspecified atom stereocenters. The summed E-state index contributed by atoms with van der Waals surface area (Å²) in [6.45, 7) is 2.52. The van der Waals surface area contributed by atoms with Crippen LogP contribution in [0.4, 0.5) is 22.1 Å². The van der Waals surface area contributed by atoms with E-state index in [-0.39, 0.29) is 30.0 Å². The van der Waals surface area contributed by atoms with Crippen LogP contribution in [0.1, 0.15) is 46.4 Å². The van der Waals surface area contributed by atoms with Crippen LogP contribution in [0.2, 0.25) is 0 Å². The van der Waals surface area contributed by atoms with Gasteiger partial charge in [0.15, 0.2) is 6.29 Å². The second kappa shape index (κ2) is 12.6. The molecule has 2 aromatic heterocycles. The number of fused-ring (bicyclic) bond motifs is 1. The fourth-order valence-corrected chi connectivity index (χ4v) is 5.02. The number of carbonyl (C=O) groups excluding carboxylic acids is 3. The molecule has 1 fully saturated rings. The molecule has 2 aromatic rings. The predicted molar refractivity (Wildman–Crippen MR) is 146 cm³/mol. The summed E-state index contributed by atoms with van der Waals surface area (Å²) in [6, 6.07) is 4.97. The van der Waals surface area contributed by atoms with Crippen LogP contribution in [0.5, 0.6) is 0 Å². The number of pyridine rings is 2. The van der Waals surface area contributed by atoms with E-state index >= 15 is 0 Å². The summed E-state index contributed by atoms with van der Waals surface area (Å²) in [5.74, 6) is 0.716. The molecule has 4 heterocycles. The van der Waals surface area contributed by atoms with Crippen LogP contribution in [-0.4, -0.2) is 91.5 Å². The highest BCUT2D eigenvalue weighted by Gasteiger charge is 2.31. The van der Waals surface area contributed by atoms with E-state index in [1.807, 2.05) is 13.1 Å². The van der Waals surface area contributed by atoms with Crippen molar-refractivity contribution in [2.45, 2.75) is 38.3 Å². The maximum absolute atomic E-state index is 13.3. The molecule has 2 N–H and O–H groups in total. The number of aryl methyl sites for hydroxylation is 1. The molecular formula is C27H34N8O4. The summed E-state index contributed by atoms with van der Waals surface area (Å²) in [6.07, 6.45) is 5.29. The van der Waals surface area contributed by atoms with E-state index in [9.17, 15) is 19.6 Å². The third-order valence-electron chi connectivity index (χ3n) is 7.10. The van der Waals surface area contributed by atoms with Gasteiger partial charge < -0.3 is 15.0 Å². The molecule has 3 amide bonds. The van der Waals surface area contributed by atoms with Gasteiger partial charge in [-0.05, 0) is 50.9 Å². The van der Waals surface area contributed by atoms with Crippen molar-refractivity contribution < 1.29 is 19.1 Å². The number of likely N-dealkylation sites (tertiary alicyclic amines) is 1. The van der Waals surface area contributed by atoms with Crippen molar-refractivity contribution >= 4 is 35.5 Å². The number of rotatable bonds is 9. The Morgan fingerprint density at radius 2 is 2.13 bits per heavy atom. The van der Waals surface area contributed by atoms with Crippen molar-refractivity contribution in [2.75, 3.05) is 63.0 Å². The number of aldehydes is 1. The van der Waals surface area contributed by atoms with Crippen molar-refractivity contribution in [3.8, 4) is 6.07 Å².